The minimum atomic E-state index is 0. The van der Waals surface area contributed by atoms with Crippen molar-refractivity contribution in [1.29, 1.82) is 0 Å². The second kappa shape index (κ2) is 9.17. The van der Waals surface area contributed by atoms with E-state index in [0.29, 0.717) is 5.92 Å². The maximum atomic E-state index is 5.45. The Morgan fingerprint density at radius 3 is 1.80 bits per heavy atom. The minimum Gasteiger partial charge on any atom is -0.330 e. The van der Waals surface area contributed by atoms with Crippen LogP contribution in [-0.4, -0.2) is 6.54 Å². The third kappa shape index (κ3) is 6.29. The van der Waals surface area contributed by atoms with Gasteiger partial charge in [0.1, 0.15) is 0 Å². The zero-order chi connectivity index (χ0) is 7.11. The van der Waals surface area contributed by atoms with Gasteiger partial charge in [-0.3, -0.25) is 0 Å². The number of rotatable bonds is 5. The van der Waals surface area contributed by atoms with Gasteiger partial charge in [0, 0.05) is 0 Å². The zero-order valence-corrected chi connectivity index (χ0v) is 8.58. The molecule has 0 rings (SSSR count). The van der Waals surface area contributed by atoms with Crippen LogP contribution in [0.5, 0.6) is 0 Å². The quantitative estimate of drug-likeness (QED) is 0.590. The van der Waals surface area contributed by atoms with Crippen LogP contribution in [0.1, 0.15) is 12.8 Å². The first-order valence-electron chi connectivity index (χ1n) is 3.27. The molecule has 0 aliphatic rings. The third-order valence-electron chi connectivity index (χ3n) is 1.33. The van der Waals surface area contributed by atoms with Gasteiger partial charge in [0.25, 0.3) is 0 Å². The molecule has 0 aliphatic heterocycles. The summed E-state index contributed by atoms with van der Waals surface area (Å²) in [5.41, 5.74) is 5.45. The first kappa shape index (κ1) is 12.8. The SMILES string of the molecule is C=CCC(CN)CC=C.I. The molecule has 0 heterocycles. The highest BCUT2D eigenvalue weighted by atomic mass is 127. The fraction of sp³-hybridized carbons (Fsp3) is 0.500. The summed E-state index contributed by atoms with van der Waals surface area (Å²) in [7, 11) is 0. The van der Waals surface area contributed by atoms with E-state index in [1.165, 1.54) is 0 Å². The fourth-order valence-corrected chi connectivity index (χ4v) is 0.760. The lowest BCUT2D eigenvalue weighted by molar-refractivity contribution is 0.556. The van der Waals surface area contributed by atoms with Gasteiger partial charge in [-0.1, -0.05) is 12.2 Å². The number of hydrogen-bond acceptors (Lipinski definition) is 1. The molecule has 0 spiro atoms. The first-order valence-corrected chi connectivity index (χ1v) is 3.27. The molecule has 0 saturated carbocycles. The normalized spacial score (nSPS) is 8.60. The molecule has 0 aliphatic carbocycles. The van der Waals surface area contributed by atoms with Crippen LogP contribution in [0.4, 0.5) is 0 Å². The van der Waals surface area contributed by atoms with E-state index in [0.717, 1.165) is 19.4 Å². The van der Waals surface area contributed by atoms with Crippen molar-refractivity contribution in [2.75, 3.05) is 6.54 Å². The molecule has 60 valence electrons. The third-order valence-corrected chi connectivity index (χ3v) is 1.33. The molecule has 0 unspecified atom stereocenters. The molecule has 10 heavy (non-hydrogen) atoms. The van der Waals surface area contributed by atoms with Gasteiger partial charge < -0.3 is 5.73 Å². The van der Waals surface area contributed by atoms with E-state index < -0.39 is 0 Å². The summed E-state index contributed by atoms with van der Waals surface area (Å²) in [5.74, 6) is 0.556. The Kier molecular flexibility index (Phi) is 11.7. The zero-order valence-electron chi connectivity index (χ0n) is 6.25. The van der Waals surface area contributed by atoms with Crippen molar-refractivity contribution in [3.8, 4) is 0 Å². The number of allylic oxidation sites excluding steroid dienone is 2. The fourth-order valence-electron chi connectivity index (χ4n) is 0.760. The van der Waals surface area contributed by atoms with Crippen molar-refractivity contribution in [3.05, 3.63) is 25.3 Å². The molecule has 0 radical (unpaired) electrons. The molecule has 0 aromatic carbocycles. The van der Waals surface area contributed by atoms with E-state index >= 15 is 0 Å². The van der Waals surface area contributed by atoms with Crippen molar-refractivity contribution >= 4 is 24.0 Å². The van der Waals surface area contributed by atoms with Crippen molar-refractivity contribution in [2.45, 2.75) is 12.8 Å². The molecule has 1 nitrogen and oxygen atoms in total. The molecular weight excluding hydrogens is 237 g/mol. The van der Waals surface area contributed by atoms with Crippen LogP contribution >= 0.6 is 24.0 Å². The van der Waals surface area contributed by atoms with Crippen LogP contribution in [-0.2, 0) is 0 Å². The molecule has 0 fully saturated rings. The van der Waals surface area contributed by atoms with E-state index in [2.05, 4.69) is 13.2 Å². The van der Waals surface area contributed by atoms with Gasteiger partial charge in [-0.25, -0.2) is 0 Å². The molecule has 0 saturated heterocycles. The highest BCUT2D eigenvalue weighted by Gasteiger charge is 1.99. The Morgan fingerprint density at radius 2 is 1.60 bits per heavy atom. The molecule has 2 heteroatoms. The van der Waals surface area contributed by atoms with Crippen LogP contribution in [0, 0.1) is 5.92 Å². The number of nitrogens with two attached hydrogens (primary N) is 1. The average molecular weight is 253 g/mol. The summed E-state index contributed by atoms with van der Waals surface area (Å²) in [6.07, 6.45) is 5.81. The van der Waals surface area contributed by atoms with Crippen LogP contribution in [0.3, 0.4) is 0 Å². The maximum absolute atomic E-state index is 5.45. The highest BCUT2D eigenvalue weighted by Crippen LogP contribution is 2.06. The lowest BCUT2D eigenvalue weighted by Crippen LogP contribution is -2.12. The lowest BCUT2D eigenvalue weighted by Gasteiger charge is -2.07. The Bertz CT molecular complexity index is 81.3. The molecule has 0 bridgehead atoms. The van der Waals surface area contributed by atoms with Gasteiger partial charge in [-0.05, 0) is 25.3 Å². The first-order chi connectivity index (χ1) is 4.35. The largest absolute Gasteiger partial charge is 0.330 e. The maximum Gasteiger partial charge on any atom is -0.00429 e. The Labute approximate surface area is 80.4 Å². The summed E-state index contributed by atoms with van der Waals surface area (Å²) < 4.78 is 0. The summed E-state index contributed by atoms with van der Waals surface area (Å²) in [5, 5.41) is 0. The molecule has 0 atom stereocenters. The number of hydrogen-bond donors (Lipinski definition) is 1. The minimum absolute atomic E-state index is 0. The molecular formula is C8H16IN. The Morgan fingerprint density at radius 1 is 1.20 bits per heavy atom. The van der Waals surface area contributed by atoms with E-state index in [9.17, 15) is 0 Å². The second-order valence-electron chi connectivity index (χ2n) is 2.15. The summed E-state index contributed by atoms with van der Waals surface area (Å²) in [6.45, 7) is 8.02. The van der Waals surface area contributed by atoms with Crippen LogP contribution in [0.15, 0.2) is 25.3 Å². The molecule has 2 N–H and O–H groups in total. The van der Waals surface area contributed by atoms with Gasteiger partial charge in [0.15, 0.2) is 0 Å². The van der Waals surface area contributed by atoms with Crippen molar-refractivity contribution in [2.24, 2.45) is 11.7 Å². The predicted octanol–water partition coefficient (Wildman–Crippen LogP) is 2.33. The van der Waals surface area contributed by atoms with E-state index in [1.807, 2.05) is 12.2 Å². The Balaban J connectivity index is 0. The molecule has 0 aromatic rings. The summed E-state index contributed by atoms with van der Waals surface area (Å²) in [6, 6.07) is 0. The smallest absolute Gasteiger partial charge is 0.00429 e. The highest BCUT2D eigenvalue weighted by molar-refractivity contribution is 14.0. The molecule has 0 amide bonds. The number of halogens is 1. The average Bonchev–Trinajstić information content (AvgIpc) is 1.88. The standard InChI is InChI=1S/C8H15N.HI/c1-3-5-8(7-9)6-4-2;/h3-4,8H,1-2,5-7,9H2;1H. The monoisotopic (exact) mass is 253 g/mol. The van der Waals surface area contributed by atoms with E-state index in [1.54, 1.807) is 0 Å². The topological polar surface area (TPSA) is 26.0 Å². The van der Waals surface area contributed by atoms with Gasteiger partial charge >= 0.3 is 0 Å². The Hall–Kier alpha value is 0.170. The molecule has 0 aromatic heterocycles. The van der Waals surface area contributed by atoms with Crippen LogP contribution < -0.4 is 5.73 Å². The second-order valence-corrected chi connectivity index (χ2v) is 2.15. The predicted molar refractivity (Wildman–Crippen MR) is 57.6 cm³/mol. The van der Waals surface area contributed by atoms with Crippen molar-refractivity contribution < 1.29 is 0 Å². The van der Waals surface area contributed by atoms with Crippen LogP contribution in [0.25, 0.3) is 0 Å². The van der Waals surface area contributed by atoms with Gasteiger partial charge in [0.2, 0.25) is 0 Å². The van der Waals surface area contributed by atoms with Crippen molar-refractivity contribution in [1.82, 2.24) is 0 Å². The lowest BCUT2D eigenvalue weighted by atomic mass is 10.0. The van der Waals surface area contributed by atoms with Gasteiger partial charge in [-0.2, -0.15) is 0 Å². The van der Waals surface area contributed by atoms with Crippen molar-refractivity contribution in [3.63, 3.8) is 0 Å². The summed E-state index contributed by atoms with van der Waals surface area (Å²) in [4.78, 5) is 0. The van der Waals surface area contributed by atoms with Gasteiger partial charge in [0.05, 0.1) is 0 Å². The summed E-state index contributed by atoms with van der Waals surface area (Å²) >= 11 is 0. The van der Waals surface area contributed by atoms with Crippen LogP contribution in [0.2, 0.25) is 0 Å². The van der Waals surface area contributed by atoms with E-state index in [-0.39, 0.29) is 24.0 Å². The van der Waals surface area contributed by atoms with E-state index in [4.69, 9.17) is 5.73 Å². The van der Waals surface area contributed by atoms with Gasteiger partial charge in [-0.15, -0.1) is 37.1 Å².